The third kappa shape index (κ3) is 3.16. The Morgan fingerprint density at radius 3 is 2.67 bits per heavy atom. The molecule has 1 atom stereocenters. The Morgan fingerprint density at radius 2 is 2.00 bits per heavy atom. The van der Waals surface area contributed by atoms with E-state index in [0.29, 0.717) is 6.10 Å². The summed E-state index contributed by atoms with van der Waals surface area (Å²) < 4.78 is 10.8. The Kier molecular flexibility index (Phi) is 4.42. The molecule has 2 rings (SSSR count). The van der Waals surface area contributed by atoms with E-state index in [2.05, 4.69) is 4.90 Å². The normalized spacial score (nSPS) is 29.0. The first-order valence-electron chi connectivity index (χ1n) is 6.24. The Morgan fingerprint density at radius 1 is 1.13 bits per heavy atom. The zero-order chi connectivity index (χ0) is 10.5. The van der Waals surface area contributed by atoms with Gasteiger partial charge in [0.15, 0.2) is 0 Å². The third-order valence-corrected chi connectivity index (χ3v) is 3.64. The summed E-state index contributed by atoms with van der Waals surface area (Å²) in [6.45, 7) is 3.91. The molecule has 2 aliphatic rings. The Hall–Kier alpha value is -0.120. The third-order valence-electron chi connectivity index (χ3n) is 3.64. The summed E-state index contributed by atoms with van der Waals surface area (Å²) in [7, 11) is 1.73. The van der Waals surface area contributed by atoms with Crippen molar-refractivity contribution in [2.24, 2.45) is 0 Å². The van der Waals surface area contributed by atoms with Crippen LogP contribution < -0.4 is 0 Å². The Bertz CT molecular complexity index is 182. The Labute approximate surface area is 92.7 Å². The number of nitrogens with zero attached hydrogens (tertiary/aromatic N) is 1. The molecule has 0 unspecified atom stereocenters. The molecule has 0 aromatic carbocycles. The van der Waals surface area contributed by atoms with Gasteiger partial charge in [0.2, 0.25) is 0 Å². The maximum absolute atomic E-state index is 5.81. The Balaban J connectivity index is 1.67. The second kappa shape index (κ2) is 5.83. The molecule has 1 saturated heterocycles. The quantitative estimate of drug-likeness (QED) is 0.648. The van der Waals surface area contributed by atoms with Crippen LogP contribution in [0.2, 0.25) is 0 Å². The van der Waals surface area contributed by atoms with Crippen molar-refractivity contribution in [1.29, 1.82) is 0 Å². The van der Waals surface area contributed by atoms with Crippen LogP contribution in [0.5, 0.6) is 0 Å². The average Bonchev–Trinajstić information content (AvgIpc) is 2.16. The first kappa shape index (κ1) is 11.4. The molecule has 1 aliphatic carbocycles. The van der Waals surface area contributed by atoms with E-state index >= 15 is 0 Å². The number of methoxy groups -OCH3 is 1. The molecule has 0 amide bonds. The van der Waals surface area contributed by atoms with Gasteiger partial charge < -0.3 is 9.47 Å². The summed E-state index contributed by atoms with van der Waals surface area (Å²) in [5.74, 6) is 0. The minimum Gasteiger partial charge on any atom is -0.382 e. The van der Waals surface area contributed by atoms with Gasteiger partial charge in [0, 0.05) is 19.7 Å². The van der Waals surface area contributed by atoms with Crippen LogP contribution in [0.25, 0.3) is 0 Å². The van der Waals surface area contributed by atoms with Crippen molar-refractivity contribution in [1.82, 2.24) is 4.90 Å². The molecule has 0 radical (unpaired) electrons. The number of ether oxygens (including phenoxy) is 2. The van der Waals surface area contributed by atoms with E-state index in [-0.39, 0.29) is 0 Å². The summed E-state index contributed by atoms with van der Waals surface area (Å²) in [6, 6.07) is 0.874. The van der Waals surface area contributed by atoms with Crippen LogP contribution in [0.1, 0.15) is 32.1 Å². The number of hydrogen-bond donors (Lipinski definition) is 0. The van der Waals surface area contributed by atoms with Gasteiger partial charge in [-0.15, -0.1) is 0 Å². The summed E-state index contributed by atoms with van der Waals surface area (Å²) in [4.78, 5) is 2.63. The smallest absolute Gasteiger partial charge is 0.0704 e. The largest absolute Gasteiger partial charge is 0.382 e. The van der Waals surface area contributed by atoms with Crippen LogP contribution in [0.4, 0.5) is 0 Å². The fourth-order valence-electron chi connectivity index (χ4n) is 2.48. The van der Waals surface area contributed by atoms with Crippen LogP contribution in [0.15, 0.2) is 0 Å². The van der Waals surface area contributed by atoms with Crippen LogP contribution in [0.3, 0.4) is 0 Å². The molecule has 0 N–H and O–H groups in total. The maximum atomic E-state index is 5.81. The van der Waals surface area contributed by atoms with E-state index in [0.717, 1.165) is 25.8 Å². The lowest BCUT2D eigenvalue weighted by atomic mass is 9.89. The highest BCUT2D eigenvalue weighted by atomic mass is 16.5. The monoisotopic (exact) mass is 213 g/mol. The van der Waals surface area contributed by atoms with Gasteiger partial charge in [-0.3, -0.25) is 4.90 Å². The van der Waals surface area contributed by atoms with E-state index in [1.807, 2.05) is 0 Å². The summed E-state index contributed by atoms with van der Waals surface area (Å²) in [6.07, 6.45) is 7.22. The number of hydrogen-bond acceptors (Lipinski definition) is 3. The molecule has 2 fully saturated rings. The molecule has 3 nitrogen and oxygen atoms in total. The van der Waals surface area contributed by atoms with E-state index in [1.165, 1.54) is 38.6 Å². The standard InChI is InChI=1S/C12H23NO2/c1-14-8-9-15-12-6-3-7-13(10-12)11-4-2-5-11/h11-12H,2-10H2,1H3/t12-/m0/s1. The summed E-state index contributed by atoms with van der Waals surface area (Å²) >= 11 is 0. The molecule has 0 aromatic heterocycles. The molecular weight excluding hydrogens is 190 g/mol. The van der Waals surface area contributed by atoms with Gasteiger partial charge in [0.05, 0.1) is 19.3 Å². The lowest BCUT2D eigenvalue weighted by Gasteiger charge is -2.42. The fourth-order valence-corrected chi connectivity index (χ4v) is 2.48. The minimum atomic E-state index is 0.453. The highest BCUT2D eigenvalue weighted by Crippen LogP contribution is 2.27. The molecule has 15 heavy (non-hydrogen) atoms. The van der Waals surface area contributed by atoms with E-state index in [4.69, 9.17) is 9.47 Å². The van der Waals surface area contributed by atoms with Gasteiger partial charge in [0.25, 0.3) is 0 Å². The van der Waals surface area contributed by atoms with Crippen molar-refractivity contribution >= 4 is 0 Å². The topological polar surface area (TPSA) is 21.7 Å². The van der Waals surface area contributed by atoms with Crippen LogP contribution in [0, 0.1) is 0 Å². The molecule has 0 spiro atoms. The van der Waals surface area contributed by atoms with E-state index in [9.17, 15) is 0 Å². The van der Waals surface area contributed by atoms with E-state index in [1.54, 1.807) is 7.11 Å². The van der Waals surface area contributed by atoms with Gasteiger partial charge >= 0.3 is 0 Å². The van der Waals surface area contributed by atoms with Gasteiger partial charge in [-0.05, 0) is 32.2 Å². The average molecular weight is 213 g/mol. The molecule has 0 aromatic rings. The molecule has 0 bridgehead atoms. The first-order valence-corrected chi connectivity index (χ1v) is 6.24. The van der Waals surface area contributed by atoms with E-state index < -0.39 is 0 Å². The first-order chi connectivity index (χ1) is 7.40. The number of likely N-dealkylation sites (tertiary alicyclic amines) is 1. The van der Waals surface area contributed by atoms with Crippen molar-refractivity contribution in [3.05, 3.63) is 0 Å². The summed E-state index contributed by atoms with van der Waals surface area (Å²) in [5.41, 5.74) is 0. The second-order valence-corrected chi connectivity index (χ2v) is 4.71. The fraction of sp³-hybridized carbons (Fsp3) is 1.00. The van der Waals surface area contributed by atoms with Gasteiger partial charge in [-0.25, -0.2) is 0 Å². The lowest BCUT2D eigenvalue weighted by molar-refractivity contribution is -0.0382. The van der Waals surface area contributed by atoms with Gasteiger partial charge in [-0.1, -0.05) is 6.42 Å². The highest BCUT2D eigenvalue weighted by Gasteiger charge is 2.29. The zero-order valence-electron chi connectivity index (χ0n) is 9.78. The molecular formula is C12H23NO2. The molecule has 88 valence electrons. The molecule has 3 heteroatoms. The van der Waals surface area contributed by atoms with Crippen LogP contribution in [-0.4, -0.2) is 50.5 Å². The van der Waals surface area contributed by atoms with Crippen molar-refractivity contribution in [2.45, 2.75) is 44.2 Å². The van der Waals surface area contributed by atoms with Crippen LogP contribution >= 0.6 is 0 Å². The van der Waals surface area contributed by atoms with Gasteiger partial charge in [0.1, 0.15) is 0 Å². The number of piperidine rings is 1. The SMILES string of the molecule is COCCO[C@H]1CCCN(C2CCC2)C1. The second-order valence-electron chi connectivity index (χ2n) is 4.71. The van der Waals surface area contributed by atoms with Crippen LogP contribution in [-0.2, 0) is 9.47 Å². The number of rotatable bonds is 5. The lowest BCUT2D eigenvalue weighted by Crippen LogP contribution is -2.48. The van der Waals surface area contributed by atoms with Crippen molar-refractivity contribution in [3.63, 3.8) is 0 Å². The highest BCUT2D eigenvalue weighted by molar-refractivity contribution is 4.84. The zero-order valence-corrected chi connectivity index (χ0v) is 9.78. The summed E-state index contributed by atoms with van der Waals surface area (Å²) in [5, 5.41) is 0. The van der Waals surface area contributed by atoms with Crippen molar-refractivity contribution in [3.8, 4) is 0 Å². The predicted octanol–water partition coefficient (Wildman–Crippen LogP) is 1.67. The van der Waals surface area contributed by atoms with Gasteiger partial charge in [-0.2, -0.15) is 0 Å². The maximum Gasteiger partial charge on any atom is 0.0704 e. The van der Waals surface area contributed by atoms with Crippen molar-refractivity contribution in [2.75, 3.05) is 33.4 Å². The predicted molar refractivity (Wildman–Crippen MR) is 60.1 cm³/mol. The molecule has 1 heterocycles. The molecule has 1 saturated carbocycles. The van der Waals surface area contributed by atoms with Crippen molar-refractivity contribution < 1.29 is 9.47 Å². The minimum absolute atomic E-state index is 0.453. The molecule has 1 aliphatic heterocycles.